The third-order valence-corrected chi connectivity index (χ3v) is 7.56. The molecule has 3 aliphatic rings. The van der Waals surface area contributed by atoms with Gasteiger partial charge in [0.1, 0.15) is 5.00 Å². The third kappa shape index (κ3) is 2.05. The van der Waals surface area contributed by atoms with Crippen LogP contribution in [0, 0.1) is 30.6 Å². The summed E-state index contributed by atoms with van der Waals surface area (Å²) < 4.78 is 0. The monoisotopic (exact) mass is 372 g/mol. The molecule has 1 aromatic heterocycles. The van der Waals surface area contributed by atoms with Gasteiger partial charge in [-0.2, -0.15) is 0 Å². The van der Waals surface area contributed by atoms with Crippen molar-refractivity contribution < 1.29 is 14.4 Å². The zero-order valence-electron chi connectivity index (χ0n) is 15.6. The fourth-order valence-electron chi connectivity index (χ4n) is 5.59. The van der Waals surface area contributed by atoms with Gasteiger partial charge >= 0.3 is 0 Å². The van der Waals surface area contributed by atoms with Gasteiger partial charge in [-0.1, -0.05) is 18.1 Å². The molecule has 2 N–H and O–H groups in total. The van der Waals surface area contributed by atoms with Gasteiger partial charge < -0.3 is 5.73 Å². The summed E-state index contributed by atoms with van der Waals surface area (Å²) in [7, 11) is 0. The topological polar surface area (TPSA) is 80.5 Å². The van der Waals surface area contributed by atoms with Crippen LogP contribution in [0.25, 0.3) is 0 Å². The van der Waals surface area contributed by atoms with Crippen LogP contribution in [-0.4, -0.2) is 17.7 Å². The number of thiophene rings is 1. The van der Waals surface area contributed by atoms with Gasteiger partial charge in [0, 0.05) is 4.88 Å². The average molecular weight is 372 g/mol. The Morgan fingerprint density at radius 2 is 1.69 bits per heavy atom. The normalized spacial score (nSPS) is 29.7. The zero-order chi connectivity index (χ0) is 18.9. The van der Waals surface area contributed by atoms with E-state index >= 15 is 0 Å². The number of nitrogens with zero attached hydrogens (tertiary/aromatic N) is 1. The summed E-state index contributed by atoms with van der Waals surface area (Å²) in [6, 6.07) is 0. The minimum atomic E-state index is -0.563. The molecule has 1 aromatic rings. The first-order chi connectivity index (χ1) is 12.3. The van der Waals surface area contributed by atoms with Gasteiger partial charge in [0.15, 0.2) is 0 Å². The Hall–Kier alpha value is -1.95. The predicted molar refractivity (Wildman–Crippen MR) is 101 cm³/mol. The number of hydrogen-bond donors (Lipinski definition) is 1. The van der Waals surface area contributed by atoms with Gasteiger partial charge in [0.25, 0.3) is 5.91 Å². The number of imide groups is 1. The number of rotatable bonds is 3. The summed E-state index contributed by atoms with van der Waals surface area (Å²) in [6.07, 6.45) is 2.61. The molecule has 2 heterocycles. The summed E-state index contributed by atoms with van der Waals surface area (Å²) in [5, 5.41) is 0.439. The predicted octanol–water partition coefficient (Wildman–Crippen LogP) is 3.20. The Morgan fingerprint density at radius 3 is 2.12 bits per heavy atom. The maximum absolute atomic E-state index is 13.3. The molecule has 4 atom stereocenters. The molecule has 3 fully saturated rings. The van der Waals surface area contributed by atoms with Crippen molar-refractivity contribution in [3.05, 3.63) is 27.2 Å². The second-order valence-corrected chi connectivity index (χ2v) is 9.05. The molecule has 2 aliphatic carbocycles. The van der Waals surface area contributed by atoms with Crippen molar-refractivity contribution in [2.75, 3.05) is 4.90 Å². The maximum atomic E-state index is 13.3. The molecular weight excluding hydrogens is 348 g/mol. The van der Waals surface area contributed by atoms with Crippen LogP contribution in [-0.2, 0) is 16.0 Å². The van der Waals surface area contributed by atoms with Gasteiger partial charge in [-0.15, -0.1) is 11.3 Å². The van der Waals surface area contributed by atoms with Crippen LogP contribution in [0.3, 0.4) is 0 Å². The molecular formula is C20H24N2O3S. The van der Waals surface area contributed by atoms with Crippen LogP contribution < -0.4 is 10.6 Å². The second kappa shape index (κ2) is 5.78. The van der Waals surface area contributed by atoms with Crippen LogP contribution >= 0.6 is 11.3 Å². The molecule has 4 rings (SSSR count). The van der Waals surface area contributed by atoms with Gasteiger partial charge in [-0.3, -0.25) is 14.4 Å². The fraction of sp³-hybridized carbons (Fsp3) is 0.550. The molecule has 5 nitrogen and oxygen atoms in total. The molecule has 2 bridgehead atoms. The SMILES string of the molecule is CCc1c(C)sc(N2C(=O)C3C4CCC(C4=C(C)C)C3C2=O)c1C(N)=O. The van der Waals surface area contributed by atoms with Crippen molar-refractivity contribution >= 4 is 34.1 Å². The van der Waals surface area contributed by atoms with Gasteiger partial charge in [0.05, 0.1) is 17.4 Å². The number of primary amides is 1. The third-order valence-electron chi connectivity index (χ3n) is 6.42. The van der Waals surface area contributed by atoms with Crippen molar-refractivity contribution in [1.29, 1.82) is 0 Å². The lowest BCUT2D eigenvalue weighted by Crippen LogP contribution is -2.34. The van der Waals surface area contributed by atoms with Crippen molar-refractivity contribution in [2.45, 2.75) is 47.0 Å². The maximum Gasteiger partial charge on any atom is 0.252 e. The number of fused-ring (bicyclic) bond motifs is 5. The number of carbonyl (C=O) groups excluding carboxylic acids is 3. The number of nitrogens with two attached hydrogens (primary N) is 1. The molecule has 3 amide bonds. The molecule has 1 saturated heterocycles. The molecule has 138 valence electrons. The van der Waals surface area contributed by atoms with Crippen molar-refractivity contribution in [1.82, 2.24) is 0 Å². The number of anilines is 1. The van der Waals surface area contributed by atoms with E-state index in [0.717, 1.165) is 23.3 Å². The minimum Gasteiger partial charge on any atom is -0.365 e. The lowest BCUT2D eigenvalue weighted by atomic mass is 9.81. The number of amides is 3. The summed E-state index contributed by atoms with van der Waals surface area (Å²) in [4.78, 5) is 40.9. The van der Waals surface area contributed by atoms with E-state index in [2.05, 4.69) is 13.8 Å². The van der Waals surface area contributed by atoms with Crippen LogP contribution in [0.4, 0.5) is 5.00 Å². The summed E-state index contributed by atoms with van der Waals surface area (Å²) >= 11 is 1.34. The lowest BCUT2D eigenvalue weighted by molar-refractivity contribution is -0.122. The van der Waals surface area contributed by atoms with Gasteiger partial charge in [-0.05, 0) is 57.4 Å². The Labute approximate surface area is 157 Å². The average Bonchev–Trinajstić information content (AvgIpc) is 3.27. The quantitative estimate of drug-likeness (QED) is 0.653. The van der Waals surface area contributed by atoms with E-state index in [4.69, 9.17) is 5.73 Å². The molecule has 6 heteroatoms. The number of allylic oxidation sites excluding steroid dienone is 2. The molecule has 0 radical (unpaired) electrons. The first-order valence-electron chi connectivity index (χ1n) is 9.26. The van der Waals surface area contributed by atoms with Gasteiger partial charge in [0.2, 0.25) is 11.8 Å². The standard InChI is InChI=1S/C20H24N2O3S/c1-5-10-9(4)26-20(16(10)17(21)23)22-18(24)14-11-6-7-12(13(11)8(2)3)15(14)19(22)25/h11-12,14-15H,5-7H2,1-4H3,(H2,21,23). The molecule has 4 unspecified atom stereocenters. The van der Waals surface area contributed by atoms with Crippen LogP contribution in [0.5, 0.6) is 0 Å². The molecule has 26 heavy (non-hydrogen) atoms. The Bertz CT molecular complexity index is 846. The summed E-state index contributed by atoms with van der Waals surface area (Å²) in [5.41, 5.74) is 9.40. The number of carbonyl (C=O) groups is 3. The van der Waals surface area contributed by atoms with Crippen molar-refractivity contribution in [2.24, 2.45) is 29.4 Å². The first-order valence-corrected chi connectivity index (χ1v) is 10.1. The highest BCUT2D eigenvalue weighted by molar-refractivity contribution is 7.17. The molecule has 1 aliphatic heterocycles. The van der Waals surface area contributed by atoms with E-state index in [1.807, 2.05) is 13.8 Å². The number of aryl methyl sites for hydroxylation is 1. The molecule has 2 saturated carbocycles. The Balaban J connectivity index is 1.82. The lowest BCUT2D eigenvalue weighted by Gasteiger charge is -2.18. The van der Waals surface area contributed by atoms with E-state index < -0.39 is 5.91 Å². The van der Waals surface area contributed by atoms with Gasteiger partial charge in [-0.25, -0.2) is 4.90 Å². The van der Waals surface area contributed by atoms with Crippen molar-refractivity contribution in [3.63, 3.8) is 0 Å². The van der Waals surface area contributed by atoms with E-state index in [-0.39, 0.29) is 35.5 Å². The highest BCUT2D eigenvalue weighted by Crippen LogP contribution is 2.61. The minimum absolute atomic E-state index is 0.141. The number of hydrogen-bond acceptors (Lipinski definition) is 4. The van der Waals surface area contributed by atoms with E-state index in [0.29, 0.717) is 17.0 Å². The Morgan fingerprint density at radius 1 is 1.15 bits per heavy atom. The first kappa shape index (κ1) is 17.5. The highest BCUT2D eigenvalue weighted by Gasteiger charge is 2.64. The largest absolute Gasteiger partial charge is 0.365 e. The molecule has 0 aromatic carbocycles. The Kier molecular flexibility index (Phi) is 3.88. The fourth-order valence-corrected chi connectivity index (χ4v) is 6.85. The van der Waals surface area contributed by atoms with Crippen LogP contribution in [0.15, 0.2) is 11.1 Å². The smallest absolute Gasteiger partial charge is 0.252 e. The van der Waals surface area contributed by atoms with E-state index in [9.17, 15) is 14.4 Å². The molecule has 0 spiro atoms. The van der Waals surface area contributed by atoms with E-state index in [1.165, 1.54) is 27.4 Å². The van der Waals surface area contributed by atoms with Crippen LogP contribution in [0.1, 0.15) is 54.4 Å². The van der Waals surface area contributed by atoms with Crippen molar-refractivity contribution in [3.8, 4) is 0 Å². The van der Waals surface area contributed by atoms with E-state index in [1.54, 1.807) is 0 Å². The highest BCUT2D eigenvalue weighted by atomic mass is 32.1. The second-order valence-electron chi connectivity index (χ2n) is 7.84. The summed E-state index contributed by atoms with van der Waals surface area (Å²) in [5.74, 6) is -1.01. The summed E-state index contributed by atoms with van der Waals surface area (Å²) in [6.45, 7) is 8.02. The zero-order valence-corrected chi connectivity index (χ0v) is 16.4. The van der Waals surface area contributed by atoms with Crippen LogP contribution in [0.2, 0.25) is 0 Å².